The molecule has 0 bridgehead atoms. The molecule has 0 fully saturated rings. The molecule has 0 aromatic heterocycles. The lowest BCUT2D eigenvalue weighted by Crippen LogP contribution is -2.34. The van der Waals surface area contributed by atoms with Gasteiger partial charge >= 0.3 is 6.03 Å². The molecule has 0 spiro atoms. The van der Waals surface area contributed by atoms with Crippen molar-refractivity contribution < 1.29 is 9.59 Å². The van der Waals surface area contributed by atoms with Crippen molar-refractivity contribution in [1.82, 2.24) is 5.32 Å². The normalized spacial score (nSPS) is 10.1. The number of nitrogens with one attached hydrogen (secondary N) is 2. The first-order valence-electron chi connectivity index (χ1n) is 7.76. The number of rotatable bonds is 3. The van der Waals surface area contributed by atoms with Gasteiger partial charge in [0.25, 0.3) is 5.91 Å². The van der Waals surface area contributed by atoms with Gasteiger partial charge in [0.1, 0.15) is 0 Å². The largest absolute Gasteiger partial charge is 0.398 e. The van der Waals surface area contributed by atoms with E-state index in [1.807, 2.05) is 42.5 Å². The lowest BCUT2D eigenvalue weighted by Gasteiger charge is -2.09. The molecule has 0 radical (unpaired) electrons. The van der Waals surface area contributed by atoms with Crippen LogP contribution >= 0.6 is 0 Å². The molecular weight excluding hydrogens is 314 g/mol. The summed E-state index contributed by atoms with van der Waals surface area (Å²) in [6, 6.07) is 23.3. The van der Waals surface area contributed by atoms with E-state index in [9.17, 15) is 9.59 Å². The molecule has 0 unspecified atom stereocenters. The Labute approximate surface area is 145 Å². The van der Waals surface area contributed by atoms with Crippen molar-refractivity contribution in [2.75, 3.05) is 11.1 Å². The first kappa shape index (κ1) is 16.3. The molecule has 0 aliphatic rings. The highest BCUT2D eigenvalue weighted by atomic mass is 16.2. The molecule has 0 saturated heterocycles. The van der Waals surface area contributed by atoms with Crippen LogP contribution in [0.4, 0.5) is 16.2 Å². The van der Waals surface area contributed by atoms with Crippen molar-refractivity contribution in [2.45, 2.75) is 0 Å². The number of para-hydroxylation sites is 1. The summed E-state index contributed by atoms with van der Waals surface area (Å²) in [4.78, 5) is 24.0. The molecular formula is C20H17N3O2. The Hall–Kier alpha value is -3.60. The molecule has 3 aromatic rings. The third-order valence-electron chi connectivity index (χ3n) is 3.68. The van der Waals surface area contributed by atoms with Gasteiger partial charge in [-0.3, -0.25) is 10.1 Å². The van der Waals surface area contributed by atoms with Crippen molar-refractivity contribution in [2.24, 2.45) is 0 Å². The average molecular weight is 331 g/mol. The van der Waals surface area contributed by atoms with Crippen molar-refractivity contribution >= 4 is 23.3 Å². The van der Waals surface area contributed by atoms with Crippen molar-refractivity contribution in [1.29, 1.82) is 0 Å². The first-order valence-corrected chi connectivity index (χ1v) is 7.76. The number of imide groups is 1. The minimum Gasteiger partial charge on any atom is -0.398 e. The Kier molecular flexibility index (Phi) is 4.76. The van der Waals surface area contributed by atoms with E-state index in [0.29, 0.717) is 11.4 Å². The predicted molar refractivity (Wildman–Crippen MR) is 99.2 cm³/mol. The summed E-state index contributed by atoms with van der Waals surface area (Å²) >= 11 is 0. The Morgan fingerprint density at radius 3 is 2.00 bits per heavy atom. The van der Waals surface area contributed by atoms with Crippen molar-refractivity contribution in [3.05, 3.63) is 84.4 Å². The average Bonchev–Trinajstić information content (AvgIpc) is 2.63. The number of hydrogen-bond acceptors (Lipinski definition) is 3. The monoisotopic (exact) mass is 331 g/mol. The van der Waals surface area contributed by atoms with Gasteiger partial charge in [-0.1, -0.05) is 54.6 Å². The first-order chi connectivity index (χ1) is 12.1. The maximum atomic E-state index is 12.1. The number of benzene rings is 3. The molecule has 4 N–H and O–H groups in total. The van der Waals surface area contributed by atoms with Gasteiger partial charge in [-0.2, -0.15) is 0 Å². The third-order valence-corrected chi connectivity index (χ3v) is 3.68. The summed E-state index contributed by atoms with van der Waals surface area (Å²) in [6.45, 7) is 0. The van der Waals surface area contributed by atoms with Gasteiger partial charge in [-0.05, 0) is 35.4 Å². The number of urea groups is 1. The van der Waals surface area contributed by atoms with E-state index in [2.05, 4.69) is 10.6 Å². The summed E-state index contributed by atoms with van der Waals surface area (Å²) < 4.78 is 0. The fraction of sp³-hybridized carbons (Fsp3) is 0. The molecule has 0 saturated carbocycles. The van der Waals surface area contributed by atoms with Crippen LogP contribution in [0.2, 0.25) is 0 Å². The van der Waals surface area contributed by atoms with Crippen LogP contribution in [0, 0.1) is 0 Å². The van der Waals surface area contributed by atoms with Crippen LogP contribution in [0.5, 0.6) is 0 Å². The number of hydrogen-bond donors (Lipinski definition) is 3. The van der Waals surface area contributed by atoms with Crippen LogP contribution < -0.4 is 16.4 Å². The van der Waals surface area contributed by atoms with Gasteiger partial charge < -0.3 is 11.1 Å². The minimum absolute atomic E-state index is 0.261. The van der Waals surface area contributed by atoms with Crippen LogP contribution in [-0.2, 0) is 0 Å². The second-order valence-corrected chi connectivity index (χ2v) is 5.44. The van der Waals surface area contributed by atoms with E-state index < -0.39 is 11.9 Å². The molecule has 0 aliphatic carbocycles. The fourth-order valence-corrected chi connectivity index (χ4v) is 2.41. The van der Waals surface area contributed by atoms with E-state index in [4.69, 9.17) is 5.73 Å². The van der Waals surface area contributed by atoms with E-state index in [1.165, 1.54) is 0 Å². The zero-order chi connectivity index (χ0) is 17.6. The molecule has 0 atom stereocenters. The summed E-state index contributed by atoms with van der Waals surface area (Å²) in [5, 5.41) is 4.89. The van der Waals surface area contributed by atoms with Crippen LogP contribution in [-0.4, -0.2) is 11.9 Å². The van der Waals surface area contributed by atoms with Gasteiger partial charge in [0.15, 0.2) is 0 Å². The van der Waals surface area contributed by atoms with Gasteiger partial charge in [0.05, 0.1) is 5.56 Å². The molecule has 25 heavy (non-hydrogen) atoms. The second-order valence-electron chi connectivity index (χ2n) is 5.44. The predicted octanol–water partition coefficient (Wildman–Crippen LogP) is 3.90. The summed E-state index contributed by atoms with van der Waals surface area (Å²) in [5.74, 6) is -0.545. The van der Waals surface area contributed by atoms with Crippen LogP contribution in [0.25, 0.3) is 11.1 Å². The fourth-order valence-electron chi connectivity index (χ4n) is 2.41. The quantitative estimate of drug-likeness (QED) is 0.636. The SMILES string of the molecule is Nc1ccccc1C(=O)NC(=O)Nc1ccc(-c2ccccc2)cc1. The zero-order valence-electron chi connectivity index (χ0n) is 13.4. The zero-order valence-corrected chi connectivity index (χ0v) is 13.4. The van der Waals surface area contributed by atoms with E-state index >= 15 is 0 Å². The van der Waals surface area contributed by atoms with Crippen LogP contribution in [0.1, 0.15) is 10.4 Å². The molecule has 3 rings (SSSR count). The highest BCUT2D eigenvalue weighted by Crippen LogP contribution is 2.21. The molecule has 0 heterocycles. The minimum atomic E-state index is -0.610. The molecule has 3 amide bonds. The van der Waals surface area contributed by atoms with E-state index in [1.54, 1.807) is 36.4 Å². The van der Waals surface area contributed by atoms with Crippen molar-refractivity contribution in [3.63, 3.8) is 0 Å². The van der Waals surface area contributed by atoms with Gasteiger partial charge in [-0.25, -0.2) is 4.79 Å². The molecule has 5 heteroatoms. The third kappa shape index (κ3) is 4.03. The van der Waals surface area contributed by atoms with E-state index in [-0.39, 0.29) is 5.56 Å². The second kappa shape index (κ2) is 7.31. The lowest BCUT2D eigenvalue weighted by atomic mass is 10.1. The number of nitrogen functional groups attached to an aromatic ring is 1. The Morgan fingerprint density at radius 2 is 1.32 bits per heavy atom. The Bertz CT molecular complexity index is 890. The number of carbonyl (C=O) groups excluding carboxylic acids is 2. The maximum absolute atomic E-state index is 12.1. The number of anilines is 2. The van der Waals surface area contributed by atoms with Gasteiger partial charge in [-0.15, -0.1) is 0 Å². The maximum Gasteiger partial charge on any atom is 0.326 e. The Morgan fingerprint density at radius 1 is 0.720 bits per heavy atom. The van der Waals surface area contributed by atoms with Crippen LogP contribution in [0.15, 0.2) is 78.9 Å². The molecule has 5 nitrogen and oxygen atoms in total. The highest BCUT2D eigenvalue weighted by Gasteiger charge is 2.12. The van der Waals surface area contributed by atoms with Gasteiger partial charge in [0, 0.05) is 11.4 Å². The standard InChI is InChI=1S/C20H17N3O2/c21-18-9-5-4-8-17(18)19(24)23-20(25)22-16-12-10-15(11-13-16)14-6-2-1-3-7-14/h1-13H,21H2,(H2,22,23,24,25). The summed E-state index contributed by atoms with van der Waals surface area (Å²) in [5.41, 5.74) is 9.03. The smallest absolute Gasteiger partial charge is 0.326 e. The number of carbonyl (C=O) groups is 2. The Balaban J connectivity index is 1.63. The molecule has 3 aromatic carbocycles. The van der Waals surface area contributed by atoms with E-state index in [0.717, 1.165) is 11.1 Å². The number of amides is 3. The highest BCUT2D eigenvalue weighted by molar-refractivity contribution is 6.10. The molecule has 124 valence electrons. The molecule has 0 aliphatic heterocycles. The summed E-state index contributed by atoms with van der Waals surface area (Å²) in [7, 11) is 0. The lowest BCUT2D eigenvalue weighted by molar-refractivity contribution is 0.0968. The van der Waals surface area contributed by atoms with Gasteiger partial charge in [0.2, 0.25) is 0 Å². The van der Waals surface area contributed by atoms with Crippen LogP contribution in [0.3, 0.4) is 0 Å². The topological polar surface area (TPSA) is 84.2 Å². The van der Waals surface area contributed by atoms with Crippen molar-refractivity contribution in [3.8, 4) is 11.1 Å². The number of nitrogens with two attached hydrogens (primary N) is 1. The summed E-state index contributed by atoms with van der Waals surface area (Å²) in [6.07, 6.45) is 0.